The molecule has 1 amide bonds. The second-order valence-corrected chi connectivity index (χ2v) is 7.78. The largest absolute Gasteiger partial charge is 0.454 e. The Bertz CT molecular complexity index is 914. The van der Waals surface area contributed by atoms with Crippen molar-refractivity contribution in [3.05, 3.63) is 34.8 Å². The zero-order chi connectivity index (χ0) is 19.0. The van der Waals surface area contributed by atoms with Gasteiger partial charge in [-0.15, -0.1) is 0 Å². The van der Waals surface area contributed by atoms with E-state index in [9.17, 15) is 14.4 Å². The number of nitrogens with one attached hydrogen (secondary N) is 1. The van der Waals surface area contributed by atoms with E-state index in [-0.39, 0.29) is 25.1 Å². The molecule has 7 nitrogen and oxygen atoms in total. The second-order valence-electron chi connectivity index (χ2n) is 7.78. The fourth-order valence-corrected chi connectivity index (χ4v) is 4.79. The van der Waals surface area contributed by atoms with E-state index in [0.29, 0.717) is 22.9 Å². The summed E-state index contributed by atoms with van der Waals surface area (Å²) in [7, 11) is 0. The van der Waals surface area contributed by atoms with Gasteiger partial charge >= 0.3 is 11.7 Å². The first kappa shape index (κ1) is 17.8. The van der Waals surface area contributed by atoms with E-state index in [2.05, 4.69) is 5.32 Å². The van der Waals surface area contributed by atoms with Gasteiger partial charge in [0.05, 0.1) is 5.52 Å². The van der Waals surface area contributed by atoms with Crippen LogP contribution < -0.4 is 11.1 Å². The van der Waals surface area contributed by atoms with Gasteiger partial charge in [-0.05, 0) is 56.1 Å². The summed E-state index contributed by atoms with van der Waals surface area (Å²) in [5, 5.41) is 2.96. The van der Waals surface area contributed by atoms with Crippen LogP contribution in [0.15, 0.2) is 33.5 Å². The van der Waals surface area contributed by atoms with Gasteiger partial charge in [0.15, 0.2) is 12.2 Å². The molecule has 1 aromatic heterocycles. The van der Waals surface area contributed by atoms with Gasteiger partial charge < -0.3 is 14.5 Å². The average Bonchev–Trinajstić information content (AvgIpc) is 3.35. The fraction of sp³-hybridized carbons (Fsp3) is 0.550. The molecular weight excluding hydrogens is 348 g/mol. The smallest absolute Gasteiger partial charge is 0.420 e. The van der Waals surface area contributed by atoms with Crippen LogP contribution in [0.3, 0.4) is 0 Å². The van der Waals surface area contributed by atoms with Crippen molar-refractivity contribution >= 4 is 23.0 Å². The van der Waals surface area contributed by atoms with E-state index in [1.54, 1.807) is 24.3 Å². The monoisotopic (exact) mass is 372 g/mol. The number of carbonyl (C=O) groups excluding carboxylic acids is 2. The fourth-order valence-electron chi connectivity index (χ4n) is 4.79. The molecule has 2 aliphatic rings. The third kappa shape index (κ3) is 3.63. The summed E-state index contributed by atoms with van der Waals surface area (Å²) in [5.41, 5.74) is 0.932. The van der Waals surface area contributed by atoms with Crippen LogP contribution in [0, 0.1) is 17.8 Å². The molecule has 2 aromatic rings. The lowest BCUT2D eigenvalue weighted by molar-refractivity contribution is -0.149. The first-order chi connectivity index (χ1) is 13.0. The second kappa shape index (κ2) is 7.21. The molecule has 144 valence electrons. The van der Waals surface area contributed by atoms with Crippen LogP contribution in [0.4, 0.5) is 0 Å². The number of hydrogen-bond donors (Lipinski definition) is 1. The SMILES string of the molecule is C[C@@H](NC(=O)COC(=O)Cn1c(=O)oc2ccccc21)[C@H]1C[C@H]2CC[C@H]1C2. The van der Waals surface area contributed by atoms with Crippen molar-refractivity contribution < 1.29 is 18.7 Å². The Morgan fingerprint density at radius 2 is 2.11 bits per heavy atom. The first-order valence-electron chi connectivity index (χ1n) is 9.54. The van der Waals surface area contributed by atoms with Crippen LogP contribution >= 0.6 is 0 Å². The van der Waals surface area contributed by atoms with Gasteiger partial charge in [-0.3, -0.25) is 14.2 Å². The minimum atomic E-state index is -0.647. The molecule has 2 saturated carbocycles. The molecule has 2 fully saturated rings. The van der Waals surface area contributed by atoms with Crippen LogP contribution in [0.2, 0.25) is 0 Å². The van der Waals surface area contributed by atoms with Crippen LogP contribution in [0.5, 0.6) is 0 Å². The summed E-state index contributed by atoms with van der Waals surface area (Å²) >= 11 is 0. The molecule has 1 N–H and O–H groups in total. The van der Waals surface area contributed by atoms with Crippen molar-refractivity contribution in [2.24, 2.45) is 17.8 Å². The average molecular weight is 372 g/mol. The highest BCUT2D eigenvalue weighted by Crippen LogP contribution is 2.49. The maximum atomic E-state index is 12.1. The molecule has 2 bridgehead atoms. The Labute approximate surface area is 156 Å². The molecule has 2 aliphatic carbocycles. The molecule has 0 unspecified atom stereocenters. The minimum absolute atomic E-state index is 0.0898. The van der Waals surface area contributed by atoms with Crippen molar-refractivity contribution in [3.8, 4) is 0 Å². The number of aromatic nitrogens is 1. The van der Waals surface area contributed by atoms with E-state index in [1.807, 2.05) is 6.92 Å². The number of benzene rings is 1. The third-order valence-electron chi connectivity index (χ3n) is 6.05. The predicted molar refractivity (Wildman–Crippen MR) is 98.0 cm³/mol. The normalized spacial score (nSPS) is 24.9. The van der Waals surface area contributed by atoms with Gasteiger partial charge in [-0.1, -0.05) is 18.6 Å². The summed E-state index contributed by atoms with van der Waals surface area (Å²) < 4.78 is 11.3. The number of amides is 1. The molecule has 1 aromatic carbocycles. The zero-order valence-corrected chi connectivity index (χ0v) is 15.3. The lowest BCUT2D eigenvalue weighted by atomic mass is 9.84. The van der Waals surface area contributed by atoms with Crippen LogP contribution in [0.25, 0.3) is 11.1 Å². The number of para-hydroxylation sites is 2. The summed E-state index contributed by atoms with van der Waals surface area (Å²) in [6, 6.07) is 6.94. The summed E-state index contributed by atoms with van der Waals surface area (Å²) in [4.78, 5) is 36.1. The van der Waals surface area contributed by atoms with Crippen molar-refractivity contribution in [3.63, 3.8) is 0 Å². The lowest BCUT2D eigenvalue weighted by Crippen LogP contribution is -2.42. The van der Waals surface area contributed by atoms with Crippen LogP contribution in [-0.2, 0) is 20.9 Å². The summed E-state index contributed by atoms with van der Waals surface area (Å²) in [6.45, 7) is 1.40. The Morgan fingerprint density at radius 3 is 2.85 bits per heavy atom. The molecule has 7 heteroatoms. The number of rotatable bonds is 6. The van der Waals surface area contributed by atoms with E-state index < -0.39 is 11.7 Å². The Hall–Kier alpha value is -2.57. The van der Waals surface area contributed by atoms with Gasteiger partial charge in [0.1, 0.15) is 6.54 Å². The van der Waals surface area contributed by atoms with Gasteiger partial charge in [-0.2, -0.15) is 0 Å². The highest BCUT2D eigenvalue weighted by Gasteiger charge is 2.42. The molecule has 1 heterocycles. The molecule has 27 heavy (non-hydrogen) atoms. The number of nitrogens with zero attached hydrogens (tertiary/aromatic N) is 1. The van der Waals surface area contributed by atoms with E-state index in [1.165, 1.54) is 30.3 Å². The molecule has 0 aliphatic heterocycles. The van der Waals surface area contributed by atoms with E-state index >= 15 is 0 Å². The number of fused-ring (bicyclic) bond motifs is 3. The molecule has 0 radical (unpaired) electrons. The number of carbonyl (C=O) groups is 2. The topological polar surface area (TPSA) is 90.5 Å². The number of ether oxygens (including phenoxy) is 1. The number of esters is 1. The first-order valence-corrected chi connectivity index (χ1v) is 9.54. The quantitative estimate of drug-likeness (QED) is 0.784. The van der Waals surface area contributed by atoms with Gasteiger partial charge in [0.2, 0.25) is 0 Å². The number of oxazole rings is 1. The number of hydrogen-bond acceptors (Lipinski definition) is 5. The zero-order valence-electron chi connectivity index (χ0n) is 15.3. The highest BCUT2D eigenvalue weighted by molar-refractivity contribution is 5.81. The third-order valence-corrected chi connectivity index (χ3v) is 6.05. The molecule has 0 spiro atoms. The van der Waals surface area contributed by atoms with Crippen LogP contribution in [-0.4, -0.2) is 29.1 Å². The standard InChI is InChI=1S/C20H24N2O5/c1-12(15-9-13-6-7-14(15)8-13)21-18(23)11-26-19(24)10-22-16-4-2-3-5-17(16)27-20(22)25/h2-5,12-15H,6-11H2,1H3,(H,21,23)/t12-,13+,14+,15-/m1/s1. The maximum Gasteiger partial charge on any atom is 0.420 e. The minimum Gasteiger partial charge on any atom is -0.454 e. The van der Waals surface area contributed by atoms with Crippen molar-refractivity contribution in [2.45, 2.75) is 45.2 Å². The highest BCUT2D eigenvalue weighted by atomic mass is 16.5. The predicted octanol–water partition coefficient (Wildman–Crippen LogP) is 2.08. The van der Waals surface area contributed by atoms with Gasteiger partial charge in [0, 0.05) is 6.04 Å². The summed E-state index contributed by atoms with van der Waals surface area (Å²) in [5.74, 6) is 0.491. The molecular formula is C20H24N2O5. The molecule has 4 atom stereocenters. The van der Waals surface area contributed by atoms with Gasteiger partial charge in [-0.25, -0.2) is 4.79 Å². The van der Waals surface area contributed by atoms with Crippen molar-refractivity contribution in [1.82, 2.24) is 9.88 Å². The maximum absolute atomic E-state index is 12.1. The lowest BCUT2D eigenvalue weighted by Gasteiger charge is -2.28. The Balaban J connectivity index is 1.28. The van der Waals surface area contributed by atoms with E-state index in [4.69, 9.17) is 9.15 Å². The van der Waals surface area contributed by atoms with Crippen LogP contribution in [0.1, 0.15) is 32.6 Å². The van der Waals surface area contributed by atoms with Crippen molar-refractivity contribution in [2.75, 3.05) is 6.61 Å². The molecule has 0 saturated heterocycles. The van der Waals surface area contributed by atoms with Crippen molar-refractivity contribution in [1.29, 1.82) is 0 Å². The molecule has 4 rings (SSSR count). The van der Waals surface area contributed by atoms with E-state index in [0.717, 1.165) is 5.92 Å². The Morgan fingerprint density at radius 1 is 1.30 bits per heavy atom. The summed E-state index contributed by atoms with van der Waals surface area (Å²) in [6.07, 6.45) is 5.05. The Kier molecular flexibility index (Phi) is 4.76. The van der Waals surface area contributed by atoms with Gasteiger partial charge in [0.25, 0.3) is 5.91 Å².